The molecule has 0 amide bonds. The Labute approximate surface area is 130 Å². The third-order valence-corrected chi connectivity index (χ3v) is 6.19. The van der Waals surface area contributed by atoms with Crippen molar-refractivity contribution in [2.45, 2.75) is 82.9 Å². The molecule has 3 heteroatoms. The molecular weight excluding hydrogens is 260 g/mol. The molecule has 0 bridgehead atoms. The smallest absolute Gasteiger partial charge is 0.0697 e. The standard InChI is InChI=1S/C18H34N2O/c1-3-10-19-17-6-11-20(14-15(17)4-2)16-7-12-21-18(13-16)8-5-9-18/h15-17,19H,3-14H2,1-2H3. The Kier molecular flexibility index (Phi) is 5.23. The number of likely N-dealkylation sites (tertiary alicyclic amines) is 1. The zero-order valence-electron chi connectivity index (χ0n) is 14.1. The second-order valence-electron chi connectivity index (χ2n) is 7.54. The van der Waals surface area contributed by atoms with E-state index >= 15 is 0 Å². The van der Waals surface area contributed by atoms with E-state index in [4.69, 9.17) is 4.74 Å². The molecule has 1 N–H and O–H groups in total. The fourth-order valence-corrected chi connectivity index (χ4v) is 4.64. The minimum atomic E-state index is 0.294. The summed E-state index contributed by atoms with van der Waals surface area (Å²) in [6.07, 6.45) is 10.5. The molecule has 21 heavy (non-hydrogen) atoms. The molecule has 3 nitrogen and oxygen atoms in total. The first-order chi connectivity index (χ1) is 10.3. The van der Waals surface area contributed by atoms with Crippen LogP contribution in [0.2, 0.25) is 0 Å². The lowest BCUT2D eigenvalue weighted by molar-refractivity contribution is -0.151. The van der Waals surface area contributed by atoms with Gasteiger partial charge in [0.15, 0.2) is 0 Å². The Morgan fingerprint density at radius 3 is 2.76 bits per heavy atom. The molecule has 2 aliphatic heterocycles. The van der Waals surface area contributed by atoms with Gasteiger partial charge in [0.05, 0.1) is 5.60 Å². The summed E-state index contributed by atoms with van der Waals surface area (Å²) < 4.78 is 6.11. The van der Waals surface area contributed by atoms with Crippen LogP contribution < -0.4 is 5.32 Å². The Bertz CT molecular complexity index is 329. The summed E-state index contributed by atoms with van der Waals surface area (Å²) in [5.74, 6) is 0.838. The van der Waals surface area contributed by atoms with Crippen molar-refractivity contribution in [3.63, 3.8) is 0 Å². The normalized spacial score (nSPS) is 36.6. The summed E-state index contributed by atoms with van der Waals surface area (Å²) in [5, 5.41) is 3.78. The number of nitrogens with zero attached hydrogens (tertiary/aromatic N) is 1. The van der Waals surface area contributed by atoms with E-state index in [0.717, 1.165) is 24.6 Å². The zero-order valence-corrected chi connectivity index (χ0v) is 14.1. The van der Waals surface area contributed by atoms with Crippen LogP contribution in [0.5, 0.6) is 0 Å². The van der Waals surface area contributed by atoms with Crippen LogP contribution in [0.25, 0.3) is 0 Å². The maximum absolute atomic E-state index is 6.11. The Hall–Kier alpha value is -0.120. The number of hydrogen-bond acceptors (Lipinski definition) is 3. The maximum Gasteiger partial charge on any atom is 0.0697 e. The quantitative estimate of drug-likeness (QED) is 0.843. The van der Waals surface area contributed by atoms with Gasteiger partial charge in [-0.3, -0.25) is 4.90 Å². The van der Waals surface area contributed by atoms with Crippen LogP contribution >= 0.6 is 0 Å². The summed E-state index contributed by atoms with van der Waals surface area (Å²) in [6, 6.07) is 1.55. The first kappa shape index (κ1) is 15.8. The highest BCUT2D eigenvalue weighted by atomic mass is 16.5. The molecule has 2 saturated heterocycles. The van der Waals surface area contributed by atoms with E-state index in [0.29, 0.717) is 5.60 Å². The van der Waals surface area contributed by atoms with Crippen LogP contribution in [0.15, 0.2) is 0 Å². The Balaban J connectivity index is 1.54. The van der Waals surface area contributed by atoms with E-state index in [1.807, 2.05) is 0 Å². The molecule has 0 aromatic rings. The summed E-state index contributed by atoms with van der Waals surface area (Å²) in [7, 11) is 0. The number of ether oxygens (including phenoxy) is 1. The molecule has 2 heterocycles. The predicted octanol–water partition coefficient (Wildman–Crippen LogP) is 3.19. The van der Waals surface area contributed by atoms with Crippen molar-refractivity contribution >= 4 is 0 Å². The predicted molar refractivity (Wildman–Crippen MR) is 87.6 cm³/mol. The highest BCUT2D eigenvalue weighted by Crippen LogP contribution is 2.43. The van der Waals surface area contributed by atoms with Gasteiger partial charge in [-0.1, -0.05) is 20.3 Å². The molecule has 3 rings (SSSR count). The SMILES string of the molecule is CCCNC1CCN(C2CCOC3(CCC3)C2)CC1CC. The lowest BCUT2D eigenvalue weighted by Crippen LogP contribution is -2.57. The van der Waals surface area contributed by atoms with Crippen molar-refractivity contribution in [1.82, 2.24) is 10.2 Å². The second kappa shape index (κ2) is 6.97. The monoisotopic (exact) mass is 294 g/mol. The lowest BCUT2D eigenvalue weighted by atomic mass is 9.73. The molecule has 0 radical (unpaired) electrons. The van der Waals surface area contributed by atoms with Gasteiger partial charge in [0.2, 0.25) is 0 Å². The molecule has 0 aromatic carbocycles. The number of nitrogens with one attached hydrogen (secondary N) is 1. The van der Waals surface area contributed by atoms with Gasteiger partial charge in [-0.15, -0.1) is 0 Å². The summed E-state index contributed by atoms with van der Waals surface area (Å²) in [4.78, 5) is 2.81. The van der Waals surface area contributed by atoms with Crippen LogP contribution in [0, 0.1) is 5.92 Å². The summed E-state index contributed by atoms with van der Waals surface area (Å²) >= 11 is 0. The van der Waals surface area contributed by atoms with E-state index < -0.39 is 0 Å². The van der Waals surface area contributed by atoms with Crippen molar-refractivity contribution in [2.75, 3.05) is 26.2 Å². The molecule has 3 unspecified atom stereocenters. The Morgan fingerprint density at radius 2 is 2.10 bits per heavy atom. The average Bonchev–Trinajstić information content (AvgIpc) is 2.51. The van der Waals surface area contributed by atoms with Crippen molar-refractivity contribution in [2.24, 2.45) is 5.92 Å². The average molecular weight is 294 g/mol. The fraction of sp³-hybridized carbons (Fsp3) is 1.00. The van der Waals surface area contributed by atoms with E-state index in [9.17, 15) is 0 Å². The van der Waals surface area contributed by atoms with Gasteiger partial charge in [-0.25, -0.2) is 0 Å². The van der Waals surface area contributed by atoms with E-state index in [2.05, 4.69) is 24.1 Å². The van der Waals surface area contributed by atoms with Gasteiger partial charge in [-0.05, 0) is 64.0 Å². The molecule has 0 aromatic heterocycles. The van der Waals surface area contributed by atoms with E-state index in [1.54, 1.807) is 0 Å². The minimum Gasteiger partial charge on any atom is -0.375 e. The highest BCUT2D eigenvalue weighted by molar-refractivity contribution is 4.98. The van der Waals surface area contributed by atoms with E-state index in [-0.39, 0.29) is 0 Å². The van der Waals surface area contributed by atoms with Crippen LogP contribution in [-0.2, 0) is 4.74 Å². The third kappa shape index (κ3) is 3.46. The molecule has 1 spiro atoms. The highest BCUT2D eigenvalue weighted by Gasteiger charge is 2.44. The van der Waals surface area contributed by atoms with Crippen molar-refractivity contribution in [3.8, 4) is 0 Å². The topological polar surface area (TPSA) is 24.5 Å². The first-order valence-corrected chi connectivity index (χ1v) is 9.38. The van der Waals surface area contributed by atoms with Gasteiger partial charge >= 0.3 is 0 Å². The molecule has 1 aliphatic carbocycles. The fourth-order valence-electron chi connectivity index (χ4n) is 4.64. The first-order valence-electron chi connectivity index (χ1n) is 9.38. The molecule has 3 fully saturated rings. The van der Waals surface area contributed by atoms with Gasteiger partial charge in [-0.2, -0.15) is 0 Å². The van der Waals surface area contributed by atoms with Gasteiger partial charge in [0.1, 0.15) is 0 Å². The second-order valence-corrected chi connectivity index (χ2v) is 7.54. The number of rotatable bonds is 5. The minimum absolute atomic E-state index is 0.294. The van der Waals surface area contributed by atoms with E-state index in [1.165, 1.54) is 71.0 Å². The molecule has 3 aliphatic rings. The van der Waals surface area contributed by atoms with Crippen LogP contribution in [0.4, 0.5) is 0 Å². The Morgan fingerprint density at radius 1 is 1.24 bits per heavy atom. The lowest BCUT2D eigenvalue weighted by Gasteiger charge is -2.51. The zero-order chi connectivity index (χ0) is 14.7. The third-order valence-electron chi connectivity index (χ3n) is 6.19. The maximum atomic E-state index is 6.11. The van der Waals surface area contributed by atoms with Gasteiger partial charge in [0, 0.05) is 25.2 Å². The molecule has 3 atom stereocenters. The van der Waals surface area contributed by atoms with Crippen LogP contribution in [-0.4, -0.2) is 48.8 Å². The van der Waals surface area contributed by atoms with Crippen LogP contribution in [0.3, 0.4) is 0 Å². The molecule has 1 saturated carbocycles. The van der Waals surface area contributed by atoms with Crippen molar-refractivity contribution in [3.05, 3.63) is 0 Å². The van der Waals surface area contributed by atoms with Gasteiger partial charge < -0.3 is 10.1 Å². The molecule has 122 valence electrons. The van der Waals surface area contributed by atoms with Crippen LogP contribution in [0.1, 0.15) is 65.2 Å². The van der Waals surface area contributed by atoms with Crippen molar-refractivity contribution in [1.29, 1.82) is 0 Å². The number of piperidine rings is 1. The van der Waals surface area contributed by atoms with Gasteiger partial charge in [0.25, 0.3) is 0 Å². The summed E-state index contributed by atoms with van der Waals surface area (Å²) in [6.45, 7) is 9.41. The largest absolute Gasteiger partial charge is 0.375 e. The number of hydrogen-bond donors (Lipinski definition) is 1. The molecular formula is C18H34N2O. The van der Waals surface area contributed by atoms with Crippen molar-refractivity contribution < 1.29 is 4.74 Å². The summed E-state index contributed by atoms with van der Waals surface area (Å²) in [5.41, 5.74) is 0.294.